The number of aromatic nitrogens is 3. The highest BCUT2D eigenvalue weighted by atomic mass is 32.2. The van der Waals surface area contributed by atoms with Gasteiger partial charge in [0.05, 0.1) is 24.1 Å². The van der Waals surface area contributed by atoms with Crippen LogP contribution in [0.4, 0.5) is 0 Å². The van der Waals surface area contributed by atoms with Crippen LogP contribution in [0.3, 0.4) is 0 Å². The van der Waals surface area contributed by atoms with E-state index in [9.17, 15) is 8.42 Å². The van der Waals surface area contributed by atoms with E-state index in [-0.39, 0.29) is 11.8 Å². The molecule has 1 unspecified atom stereocenters. The third-order valence-electron chi connectivity index (χ3n) is 4.79. The fraction of sp³-hybridized carbons (Fsp3) is 0.857. The molecule has 0 spiro atoms. The fourth-order valence-corrected chi connectivity index (χ4v) is 5.30. The number of sulfone groups is 1. The molecule has 0 radical (unpaired) electrons. The van der Waals surface area contributed by atoms with E-state index in [4.69, 9.17) is 0 Å². The van der Waals surface area contributed by atoms with Crippen molar-refractivity contribution in [2.75, 3.05) is 18.6 Å². The van der Waals surface area contributed by atoms with Gasteiger partial charge in [0.2, 0.25) is 0 Å². The summed E-state index contributed by atoms with van der Waals surface area (Å²) in [6.45, 7) is 0.677. The maximum Gasteiger partial charge on any atom is 0.151 e. The highest BCUT2D eigenvalue weighted by Gasteiger charge is 2.31. The van der Waals surface area contributed by atoms with Crippen molar-refractivity contribution in [2.45, 2.75) is 57.2 Å². The van der Waals surface area contributed by atoms with Crippen LogP contribution < -0.4 is 0 Å². The first-order chi connectivity index (χ1) is 10.1. The Morgan fingerprint density at radius 2 is 2.05 bits per heavy atom. The minimum Gasteiger partial charge on any atom is -0.295 e. The van der Waals surface area contributed by atoms with Crippen LogP contribution in [0.5, 0.6) is 0 Å². The van der Waals surface area contributed by atoms with Gasteiger partial charge in [-0.2, -0.15) is 5.10 Å². The van der Waals surface area contributed by atoms with Crippen LogP contribution in [0.15, 0.2) is 6.33 Å². The average Bonchev–Trinajstić information content (AvgIpc) is 3.06. The number of hydrogen-bond acceptors (Lipinski definition) is 5. The molecule has 1 saturated carbocycles. The summed E-state index contributed by atoms with van der Waals surface area (Å²) in [7, 11) is -0.843. The Bertz CT molecular complexity index is 578. The van der Waals surface area contributed by atoms with Gasteiger partial charge >= 0.3 is 0 Å². The first kappa shape index (κ1) is 15.0. The average molecular weight is 312 g/mol. The van der Waals surface area contributed by atoms with E-state index in [0.29, 0.717) is 18.3 Å². The second kappa shape index (κ2) is 6.04. The summed E-state index contributed by atoms with van der Waals surface area (Å²) in [5, 5.41) is 4.41. The molecule has 0 amide bonds. The highest BCUT2D eigenvalue weighted by molar-refractivity contribution is 7.91. The predicted molar refractivity (Wildman–Crippen MR) is 80.7 cm³/mol. The Balaban J connectivity index is 1.66. The number of rotatable bonds is 4. The van der Waals surface area contributed by atoms with Gasteiger partial charge in [-0.05, 0) is 26.3 Å². The highest BCUT2D eigenvalue weighted by Crippen LogP contribution is 2.28. The number of nitrogens with zero attached hydrogens (tertiary/aromatic N) is 4. The monoisotopic (exact) mass is 312 g/mol. The molecule has 118 valence electrons. The summed E-state index contributed by atoms with van der Waals surface area (Å²) in [5.74, 6) is 1.56. The third-order valence-corrected chi connectivity index (χ3v) is 6.54. The Labute approximate surface area is 126 Å². The minimum absolute atomic E-state index is 0.117. The van der Waals surface area contributed by atoms with E-state index in [1.54, 1.807) is 6.33 Å². The zero-order chi connectivity index (χ0) is 14.9. The molecule has 3 rings (SSSR count). The quantitative estimate of drug-likeness (QED) is 0.840. The van der Waals surface area contributed by atoms with Gasteiger partial charge in [-0.25, -0.2) is 18.1 Å². The molecule has 2 heterocycles. The van der Waals surface area contributed by atoms with E-state index in [2.05, 4.69) is 19.7 Å². The van der Waals surface area contributed by atoms with Crippen molar-refractivity contribution in [3.63, 3.8) is 0 Å². The van der Waals surface area contributed by atoms with Crippen molar-refractivity contribution >= 4 is 9.84 Å². The Hall–Kier alpha value is -0.950. The molecule has 1 saturated heterocycles. The van der Waals surface area contributed by atoms with Gasteiger partial charge in [-0.15, -0.1) is 0 Å². The molecule has 2 fully saturated rings. The second-order valence-corrected chi connectivity index (χ2v) is 8.61. The van der Waals surface area contributed by atoms with Gasteiger partial charge in [0, 0.05) is 6.04 Å². The van der Waals surface area contributed by atoms with E-state index in [1.165, 1.54) is 32.1 Å². The summed E-state index contributed by atoms with van der Waals surface area (Å²) in [4.78, 5) is 6.52. The summed E-state index contributed by atoms with van der Waals surface area (Å²) < 4.78 is 25.3. The first-order valence-electron chi connectivity index (χ1n) is 7.84. The van der Waals surface area contributed by atoms with Gasteiger partial charge < -0.3 is 0 Å². The van der Waals surface area contributed by atoms with Crippen LogP contribution in [0.2, 0.25) is 0 Å². The molecular weight excluding hydrogens is 288 g/mol. The summed E-state index contributed by atoms with van der Waals surface area (Å²) >= 11 is 0. The van der Waals surface area contributed by atoms with Crippen LogP contribution in [0, 0.1) is 0 Å². The van der Waals surface area contributed by atoms with Crippen LogP contribution in [-0.4, -0.2) is 52.7 Å². The topological polar surface area (TPSA) is 68.1 Å². The molecule has 1 atom stereocenters. The molecule has 0 aromatic carbocycles. The molecule has 0 bridgehead atoms. The first-order valence-corrected chi connectivity index (χ1v) is 9.66. The van der Waals surface area contributed by atoms with Crippen LogP contribution in [0.25, 0.3) is 0 Å². The molecule has 2 aliphatic rings. The maximum absolute atomic E-state index is 11.6. The summed E-state index contributed by atoms with van der Waals surface area (Å²) in [5.41, 5.74) is 0. The molecular formula is C14H24N4O2S. The Kier molecular flexibility index (Phi) is 4.31. The maximum atomic E-state index is 11.6. The second-order valence-electron chi connectivity index (χ2n) is 6.38. The Morgan fingerprint density at radius 1 is 1.29 bits per heavy atom. The van der Waals surface area contributed by atoms with Gasteiger partial charge in [-0.3, -0.25) is 4.90 Å². The molecule has 1 aromatic rings. The molecule has 7 heteroatoms. The van der Waals surface area contributed by atoms with Crippen molar-refractivity contribution in [2.24, 2.45) is 0 Å². The lowest BCUT2D eigenvalue weighted by molar-refractivity contribution is 0.232. The molecule has 1 aliphatic heterocycles. The summed E-state index contributed by atoms with van der Waals surface area (Å²) in [6.07, 6.45) is 8.57. The molecule has 6 nitrogen and oxygen atoms in total. The van der Waals surface area contributed by atoms with Crippen molar-refractivity contribution < 1.29 is 8.42 Å². The van der Waals surface area contributed by atoms with Gasteiger partial charge in [-0.1, -0.05) is 19.3 Å². The normalized spacial score (nSPS) is 26.5. The lowest BCUT2D eigenvalue weighted by atomic mass is 9.95. The molecule has 21 heavy (non-hydrogen) atoms. The molecule has 0 N–H and O–H groups in total. The Morgan fingerprint density at radius 3 is 2.71 bits per heavy atom. The van der Waals surface area contributed by atoms with Gasteiger partial charge in [0.15, 0.2) is 9.84 Å². The largest absolute Gasteiger partial charge is 0.295 e. The van der Waals surface area contributed by atoms with Crippen molar-refractivity contribution in [1.29, 1.82) is 0 Å². The standard InChI is InChI=1S/C14H24N4O2S/c1-17(13-7-8-21(19,20)10-13)9-14-15-11-16-18(14)12-5-3-2-4-6-12/h11-13H,2-10H2,1H3. The van der Waals surface area contributed by atoms with E-state index in [1.807, 2.05) is 7.05 Å². The fourth-order valence-electron chi connectivity index (χ4n) is 3.49. The molecule has 1 aliphatic carbocycles. The zero-order valence-electron chi connectivity index (χ0n) is 12.6. The van der Waals surface area contributed by atoms with Gasteiger partial charge in [0.1, 0.15) is 12.2 Å². The van der Waals surface area contributed by atoms with Crippen LogP contribution in [-0.2, 0) is 16.4 Å². The molecule has 1 aromatic heterocycles. The smallest absolute Gasteiger partial charge is 0.151 e. The third kappa shape index (κ3) is 3.45. The predicted octanol–water partition coefficient (Wildman–Crippen LogP) is 1.40. The van der Waals surface area contributed by atoms with Gasteiger partial charge in [0.25, 0.3) is 0 Å². The van der Waals surface area contributed by atoms with Crippen LogP contribution >= 0.6 is 0 Å². The lowest BCUT2D eigenvalue weighted by Gasteiger charge is -2.26. The zero-order valence-corrected chi connectivity index (χ0v) is 13.4. The number of hydrogen-bond donors (Lipinski definition) is 0. The summed E-state index contributed by atoms with van der Waals surface area (Å²) in [6, 6.07) is 0.587. The van der Waals surface area contributed by atoms with Crippen molar-refractivity contribution in [3.8, 4) is 0 Å². The lowest BCUT2D eigenvalue weighted by Crippen LogP contribution is -2.33. The van der Waals surface area contributed by atoms with E-state index < -0.39 is 9.84 Å². The van der Waals surface area contributed by atoms with Crippen molar-refractivity contribution in [3.05, 3.63) is 12.2 Å². The van der Waals surface area contributed by atoms with Crippen molar-refractivity contribution in [1.82, 2.24) is 19.7 Å². The van der Waals surface area contributed by atoms with E-state index >= 15 is 0 Å². The van der Waals surface area contributed by atoms with E-state index in [0.717, 1.165) is 12.2 Å². The van der Waals surface area contributed by atoms with Crippen LogP contribution in [0.1, 0.15) is 50.4 Å². The minimum atomic E-state index is -2.83. The SMILES string of the molecule is CN(Cc1ncnn1C1CCCCC1)C1CCS(=O)(=O)C1.